The highest BCUT2D eigenvalue weighted by Crippen LogP contribution is 2.58. The van der Waals surface area contributed by atoms with E-state index in [0.29, 0.717) is 31.6 Å². The van der Waals surface area contributed by atoms with E-state index in [1.54, 1.807) is 24.9 Å². The first-order chi connectivity index (χ1) is 18.0. The Morgan fingerprint density at radius 2 is 1.89 bits per heavy atom. The number of amides is 2. The van der Waals surface area contributed by atoms with Crippen molar-refractivity contribution in [3.05, 3.63) is 36.0 Å². The van der Waals surface area contributed by atoms with Crippen molar-refractivity contribution in [1.82, 2.24) is 10.2 Å². The summed E-state index contributed by atoms with van der Waals surface area (Å²) < 4.78 is 23.2. The molecule has 2 atom stereocenters. The third-order valence-corrected chi connectivity index (χ3v) is 7.35. The average molecular weight is 533 g/mol. The van der Waals surface area contributed by atoms with Gasteiger partial charge in [0.15, 0.2) is 6.29 Å². The van der Waals surface area contributed by atoms with Gasteiger partial charge in [0.05, 0.1) is 31.0 Å². The van der Waals surface area contributed by atoms with Crippen LogP contribution >= 0.6 is 0 Å². The largest absolute Gasteiger partial charge is 0.442 e. The van der Waals surface area contributed by atoms with Crippen LogP contribution in [0.2, 0.25) is 0 Å². The molecule has 38 heavy (non-hydrogen) atoms. The van der Waals surface area contributed by atoms with Gasteiger partial charge in [-0.3, -0.25) is 4.79 Å². The second kappa shape index (κ2) is 13.8. The van der Waals surface area contributed by atoms with E-state index in [2.05, 4.69) is 51.2 Å². The number of carbonyl (C=O) groups is 2. The van der Waals surface area contributed by atoms with Crippen LogP contribution in [0.4, 0.5) is 4.79 Å². The van der Waals surface area contributed by atoms with Crippen LogP contribution in [0, 0.1) is 5.41 Å². The van der Waals surface area contributed by atoms with E-state index in [4.69, 9.17) is 18.9 Å². The molecule has 0 aromatic carbocycles. The van der Waals surface area contributed by atoms with E-state index >= 15 is 0 Å². The number of rotatable bonds is 11. The smallest absolute Gasteiger partial charge is 0.410 e. The van der Waals surface area contributed by atoms with Crippen molar-refractivity contribution < 1.29 is 28.5 Å². The molecule has 3 fully saturated rings. The fourth-order valence-electron chi connectivity index (χ4n) is 5.18. The highest BCUT2D eigenvalue weighted by molar-refractivity contribution is 5.87. The fourth-order valence-corrected chi connectivity index (χ4v) is 5.18. The maximum absolute atomic E-state index is 12.3. The zero-order valence-corrected chi connectivity index (χ0v) is 24.2. The summed E-state index contributed by atoms with van der Waals surface area (Å²) in [5.74, 6) is -0.273. The summed E-state index contributed by atoms with van der Waals surface area (Å²) in [6.07, 6.45) is 15.9. The molecule has 0 radical (unpaired) electrons. The number of unbranched alkanes of at least 4 members (excludes halogenated alkanes) is 1. The van der Waals surface area contributed by atoms with Crippen molar-refractivity contribution in [3.63, 3.8) is 0 Å². The van der Waals surface area contributed by atoms with Gasteiger partial charge in [-0.05, 0) is 71.3 Å². The minimum absolute atomic E-state index is 0.0527. The monoisotopic (exact) mass is 532 g/mol. The Balaban J connectivity index is 1.33. The van der Waals surface area contributed by atoms with Crippen molar-refractivity contribution in [1.29, 1.82) is 0 Å². The van der Waals surface area contributed by atoms with Crippen LogP contribution in [-0.4, -0.2) is 73.8 Å². The Hall–Kier alpha value is -2.16. The van der Waals surface area contributed by atoms with Crippen LogP contribution in [0.25, 0.3) is 0 Å². The molecule has 8 heteroatoms. The van der Waals surface area contributed by atoms with Gasteiger partial charge in [-0.15, -0.1) is 0 Å². The summed E-state index contributed by atoms with van der Waals surface area (Å²) in [7, 11) is 1.71. The first-order valence-corrected chi connectivity index (χ1v) is 14.2. The van der Waals surface area contributed by atoms with Gasteiger partial charge >= 0.3 is 6.09 Å². The van der Waals surface area contributed by atoms with E-state index in [1.807, 2.05) is 0 Å². The van der Waals surface area contributed by atoms with E-state index in [1.165, 1.54) is 25.3 Å². The number of hydrogen-bond acceptors (Lipinski definition) is 6. The number of nitrogens with one attached hydrogen (secondary N) is 1. The molecule has 2 aliphatic heterocycles. The van der Waals surface area contributed by atoms with Crippen LogP contribution in [0.15, 0.2) is 36.0 Å². The molecule has 1 N–H and O–H groups in total. The summed E-state index contributed by atoms with van der Waals surface area (Å²) >= 11 is 0. The predicted molar refractivity (Wildman–Crippen MR) is 148 cm³/mol. The van der Waals surface area contributed by atoms with Gasteiger partial charge in [0.2, 0.25) is 5.91 Å². The van der Waals surface area contributed by atoms with Crippen molar-refractivity contribution >= 4 is 12.0 Å². The molecule has 1 aliphatic carbocycles. The summed E-state index contributed by atoms with van der Waals surface area (Å²) in [5, 5.41) is 2.87. The topological polar surface area (TPSA) is 86.3 Å². The molecule has 1 saturated carbocycles. The van der Waals surface area contributed by atoms with Crippen LogP contribution in [0.1, 0.15) is 79.6 Å². The lowest BCUT2D eigenvalue weighted by molar-refractivity contribution is -0.187. The molecular formula is C30H48N2O6. The third-order valence-electron chi connectivity index (χ3n) is 7.35. The summed E-state index contributed by atoms with van der Waals surface area (Å²) in [4.78, 5) is 25.8. The molecule has 2 saturated heterocycles. The number of hydrogen-bond donors (Lipinski definition) is 1. The van der Waals surface area contributed by atoms with E-state index in [9.17, 15) is 9.59 Å². The lowest BCUT2D eigenvalue weighted by Crippen LogP contribution is -2.46. The molecule has 3 rings (SSSR count). The standard InChI is InChI=1S/C30H48N2O6/c1-7-8-17-32(6)28(34)37-23(3)11-13-26(33)31-24-19-35-27(36-20-24)14-10-22(2)9-12-25-18-30(15-16-30)21-29(4,5)38-25/h9-13,23-25,27H,7-8,14-21H2,1-6H3,(H,31,33)/b12-9+,13-11-,22-10+/t23-,24?,25+,27?/m0/s1. The second-order valence-electron chi connectivity index (χ2n) is 11.9. The average Bonchev–Trinajstić information content (AvgIpc) is 3.60. The van der Waals surface area contributed by atoms with Crippen LogP contribution in [0.5, 0.6) is 0 Å². The number of carbonyl (C=O) groups excluding carboxylic acids is 2. The van der Waals surface area contributed by atoms with Crippen LogP contribution in [0.3, 0.4) is 0 Å². The SMILES string of the molecule is CCCCN(C)C(=O)O[C@@H](C)/C=C\C(=O)NC1COC(C/C=C(C)/C=C/[C@@H]2CC3(CC3)CC(C)(C)O2)OC1. The Kier molecular flexibility index (Phi) is 11.0. The normalized spacial score (nSPS) is 27.4. The van der Waals surface area contributed by atoms with Gasteiger partial charge < -0.3 is 29.2 Å². The van der Waals surface area contributed by atoms with Gasteiger partial charge in [0, 0.05) is 26.1 Å². The molecular weight excluding hydrogens is 484 g/mol. The Bertz CT molecular complexity index is 877. The molecule has 0 aromatic rings. The van der Waals surface area contributed by atoms with Crippen LogP contribution < -0.4 is 5.32 Å². The molecule has 2 heterocycles. The van der Waals surface area contributed by atoms with Gasteiger partial charge in [-0.1, -0.05) is 37.1 Å². The number of nitrogens with zero attached hydrogens (tertiary/aromatic N) is 1. The maximum Gasteiger partial charge on any atom is 0.410 e. The first kappa shape index (κ1) is 30.4. The van der Waals surface area contributed by atoms with Gasteiger partial charge in [0.25, 0.3) is 0 Å². The van der Waals surface area contributed by atoms with Gasteiger partial charge in [0.1, 0.15) is 6.10 Å². The number of ether oxygens (including phenoxy) is 4. The highest BCUT2D eigenvalue weighted by Gasteiger charge is 2.51. The summed E-state index contributed by atoms with van der Waals surface area (Å²) in [6, 6.07) is -0.229. The third kappa shape index (κ3) is 10.2. The minimum atomic E-state index is -0.504. The summed E-state index contributed by atoms with van der Waals surface area (Å²) in [5.41, 5.74) is 1.61. The van der Waals surface area contributed by atoms with Gasteiger partial charge in [-0.2, -0.15) is 0 Å². The molecule has 214 valence electrons. The number of allylic oxidation sites excluding steroid dienone is 2. The van der Waals surface area contributed by atoms with Crippen molar-refractivity contribution in [3.8, 4) is 0 Å². The summed E-state index contributed by atoms with van der Waals surface area (Å²) in [6.45, 7) is 11.7. The maximum atomic E-state index is 12.3. The minimum Gasteiger partial charge on any atom is -0.442 e. The predicted octanol–water partition coefficient (Wildman–Crippen LogP) is 5.29. The Morgan fingerprint density at radius 3 is 2.55 bits per heavy atom. The molecule has 1 spiro atoms. The molecule has 0 unspecified atom stereocenters. The van der Waals surface area contributed by atoms with Crippen molar-refractivity contribution in [2.75, 3.05) is 26.8 Å². The Labute approximate surface area is 228 Å². The molecule has 0 bridgehead atoms. The van der Waals surface area contributed by atoms with E-state index in [-0.39, 0.29) is 29.9 Å². The zero-order valence-electron chi connectivity index (χ0n) is 24.2. The second-order valence-corrected chi connectivity index (χ2v) is 11.9. The van der Waals surface area contributed by atoms with Crippen molar-refractivity contribution in [2.45, 2.75) is 110 Å². The zero-order chi connectivity index (χ0) is 27.8. The first-order valence-electron chi connectivity index (χ1n) is 14.2. The molecule has 2 amide bonds. The quantitative estimate of drug-likeness (QED) is 0.288. The molecule has 3 aliphatic rings. The van der Waals surface area contributed by atoms with E-state index < -0.39 is 12.2 Å². The lowest BCUT2D eigenvalue weighted by atomic mass is 9.82. The van der Waals surface area contributed by atoms with Gasteiger partial charge in [-0.25, -0.2) is 4.79 Å². The molecule has 8 nitrogen and oxygen atoms in total. The Morgan fingerprint density at radius 1 is 1.18 bits per heavy atom. The van der Waals surface area contributed by atoms with E-state index in [0.717, 1.165) is 24.8 Å². The highest BCUT2D eigenvalue weighted by atomic mass is 16.7. The van der Waals surface area contributed by atoms with Crippen LogP contribution in [-0.2, 0) is 23.7 Å². The fraction of sp³-hybridized carbons (Fsp3) is 0.733. The van der Waals surface area contributed by atoms with Crippen molar-refractivity contribution in [2.24, 2.45) is 5.41 Å². The lowest BCUT2D eigenvalue weighted by Gasteiger charge is -2.40. The molecule has 0 aromatic heterocycles.